The van der Waals surface area contributed by atoms with Crippen LogP contribution in [0.25, 0.3) is 0 Å². The Hall–Kier alpha value is -0.0700. The number of halogens is 1. The molecule has 0 radical (unpaired) electrons. The molecule has 0 spiro atoms. The quantitative estimate of drug-likeness (QED) is 0.279. The Kier molecular flexibility index (Phi) is 11.4. The first-order valence-electron chi connectivity index (χ1n) is 12.9. The molecule has 160 valence electrons. The lowest BCUT2D eigenvalue weighted by Crippen LogP contribution is -2.33. The molecule has 0 saturated heterocycles. The Morgan fingerprint density at radius 3 is 1.74 bits per heavy atom. The van der Waals surface area contributed by atoms with Gasteiger partial charge >= 0.3 is 0 Å². The predicted molar refractivity (Wildman–Crippen MR) is 118 cm³/mol. The minimum atomic E-state index is -0.807. The topological polar surface area (TPSA) is 0 Å². The molecule has 27 heavy (non-hydrogen) atoms. The van der Waals surface area contributed by atoms with Gasteiger partial charge in [-0.15, -0.1) is 0 Å². The molecule has 0 aliphatic heterocycles. The molecular formula is C26H49F. The SMILES string of the molecule is CCCCCCCC1CCC(C2CCC(F)(CCCCCCC)CC2)CC1. The number of hydrogen-bond acceptors (Lipinski definition) is 0. The third-order valence-corrected chi connectivity index (χ3v) is 7.93. The minimum Gasteiger partial charge on any atom is -0.244 e. The van der Waals surface area contributed by atoms with Crippen molar-refractivity contribution in [1.82, 2.24) is 0 Å². The van der Waals surface area contributed by atoms with Crippen molar-refractivity contribution in [2.24, 2.45) is 17.8 Å². The number of unbranched alkanes of at least 4 members (excludes halogenated alkanes) is 8. The maximum absolute atomic E-state index is 15.1. The van der Waals surface area contributed by atoms with Gasteiger partial charge in [-0.2, -0.15) is 0 Å². The van der Waals surface area contributed by atoms with Gasteiger partial charge in [0, 0.05) is 0 Å². The first-order chi connectivity index (χ1) is 13.2. The minimum absolute atomic E-state index is 0.807. The first kappa shape index (κ1) is 23.2. The molecule has 2 saturated carbocycles. The molecule has 0 amide bonds. The molecule has 1 heteroatoms. The van der Waals surface area contributed by atoms with Crippen LogP contribution < -0.4 is 0 Å². The zero-order chi connectivity index (χ0) is 19.4. The van der Waals surface area contributed by atoms with Gasteiger partial charge in [-0.3, -0.25) is 0 Å². The van der Waals surface area contributed by atoms with Crippen LogP contribution in [0.2, 0.25) is 0 Å². The van der Waals surface area contributed by atoms with Gasteiger partial charge < -0.3 is 0 Å². The summed E-state index contributed by atoms with van der Waals surface area (Å²) in [5.74, 6) is 2.78. The zero-order valence-corrected chi connectivity index (χ0v) is 18.8. The van der Waals surface area contributed by atoms with Crippen molar-refractivity contribution < 1.29 is 4.39 Å². The highest BCUT2D eigenvalue weighted by Crippen LogP contribution is 2.45. The van der Waals surface area contributed by atoms with Gasteiger partial charge in [-0.1, -0.05) is 97.3 Å². The highest BCUT2D eigenvalue weighted by Gasteiger charge is 2.38. The second-order valence-electron chi connectivity index (χ2n) is 10.1. The fraction of sp³-hybridized carbons (Fsp3) is 1.00. The van der Waals surface area contributed by atoms with Crippen molar-refractivity contribution in [2.45, 2.75) is 148 Å². The van der Waals surface area contributed by atoms with Crippen LogP contribution >= 0.6 is 0 Å². The highest BCUT2D eigenvalue weighted by molar-refractivity contribution is 4.89. The van der Waals surface area contributed by atoms with Crippen LogP contribution in [0.3, 0.4) is 0 Å². The second-order valence-corrected chi connectivity index (χ2v) is 10.1. The van der Waals surface area contributed by atoms with E-state index in [1.54, 1.807) is 0 Å². The van der Waals surface area contributed by atoms with Gasteiger partial charge in [0.2, 0.25) is 0 Å². The summed E-state index contributed by atoms with van der Waals surface area (Å²) in [5, 5.41) is 0. The number of alkyl halides is 1. The van der Waals surface area contributed by atoms with Crippen LogP contribution in [0, 0.1) is 17.8 Å². The van der Waals surface area contributed by atoms with Gasteiger partial charge in [0.1, 0.15) is 5.67 Å². The Morgan fingerprint density at radius 2 is 1.15 bits per heavy atom. The summed E-state index contributed by atoms with van der Waals surface area (Å²) in [6, 6.07) is 0. The molecule has 0 N–H and O–H groups in total. The smallest absolute Gasteiger partial charge is 0.111 e. The summed E-state index contributed by atoms with van der Waals surface area (Å²) in [7, 11) is 0. The monoisotopic (exact) mass is 380 g/mol. The van der Waals surface area contributed by atoms with Gasteiger partial charge in [-0.25, -0.2) is 4.39 Å². The van der Waals surface area contributed by atoms with E-state index in [-0.39, 0.29) is 0 Å². The summed E-state index contributed by atoms with van der Waals surface area (Å²) in [4.78, 5) is 0. The van der Waals surface area contributed by atoms with E-state index in [0.29, 0.717) is 0 Å². The van der Waals surface area contributed by atoms with Crippen molar-refractivity contribution in [3.05, 3.63) is 0 Å². The molecule has 0 bridgehead atoms. The Balaban J connectivity index is 1.56. The summed E-state index contributed by atoms with van der Waals surface area (Å²) >= 11 is 0. The van der Waals surface area contributed by atoms with E-state index >= 15 is 4.39 Å². The summed E-state index contributed by atoms with van der Waals surface area (Å²) in [6.07, 6.45) is 25.6. The van der Waals surface area contributed by atoms with Crippen LogP contribution in [-0.4, -0.2) is 5.67 Å². The molecule has 0 heterocycles. The van der Waals surface area contributed by atoms with Crippen molar-refractivity contribution in [2.75, 3.05) is 0 Å². The lowest BCUT2D eigenvalue weighted by molar-refractivity contribution is 0.0455. The average molecular weight is 381 g/mol. The van der Waals surface area contributed by atoms with E-state index in [1.165, 1.54) is 103 Å². The molecular weight excluding hydrogens is 331 g/mol. The van der Waals surface area contributed by atoms with Crippen LogP contribution in [0.1, 0.15) is 142 Å². The molecule has 2 aliphatic rings. The van der Waals surface area contributed by atoms with Crippen molar-refractivity contribution in [3.8, 4) is 0 Å². The molecule has 0 nitrogen and oxygen atoms in total. The fourth-order valence-corrected chi connectivity index (χ4v) is 5.91. The maximum atomic E-state index is 15.1. The van der Waals surface area contributed by atoms with Gasteiger partial charge in [-0.05, 0) is 62.7 Å². The molecule has 2 rings (SSSR count). The van der Waals surface area contributed by atoms with Gasteiger partial charge in [0.05, 0.1) is 0 Å². The Bertz CT molecular complexity index is 347. The largest absolute Gasteiger partial charge is 0.244 e. The Morgan fingerprint density at radius 1 is 0.630 bits per heavy atom. The first-order valence-corrected chi connectivity index (χ1v) is 12.9. The van der Waals surface area contributed by atoms with Crippen LogP contribution in [0.15, 0.2) is 0 Å². The zero-order valence-electron chi connectivity index (χ0n) is 18.8. The number of rotatable bonds is 13. The highest BCUT2D eigenvalue weighted by atomic mass is 19.1. The van der Waals surface area contributed by atoms with Crippen molar-refractivity contribution >= 4 is 0 Å². The van der Waals surface area contributed by atoms with E-state index in [4.69, 9.17) is 0 Å². The molecule has 0 atom stereocenters. The molecule has 2 aliphatic carbocycles. The maximum Gasteiger partial charge on any atom is 0.111 e. The fourth-order valence-electron chi connectivity index (χ4n) is 5.91. The van der Waals surface area contributed by atoms with Crippen LogP contribution in [0.5, 0.6) is 0 Å². The lowest BCUT2D eigenvalue weighted by Gasteiger charge is -2.40. The average Bonchev–Trinajstić information content (AvgIpc) is 2.69. The molecule has 0 aromatic heterocycles. The standard InChI is InChI=1S/C26H49F/c1-3-5-7-9-11-13-23-14-16-24(17-15-23)25-18-21-26(27,22-19-25)20-12-10-8-6-4-2/h23-25H,3-22H2,1-2H3. The molecule has 2 fully saturated rings. The molecule has 0 unspecified atom stereocenters. The van der Waals surface area contributed by atoms with E-state index in [1.807, 2.05) is 0 Å². The third-order valence-electron chi connectivity index (χ3n) is 7.93. The van der Waals surface area contributed by atoms with Crippen LogP contribution in [-0.2, 0) is 0 Å². The van der Waals surface area contributed by atoms with E-state index in [9.17, 15) is 0 Å². The van der Waals surface area contributed by atoms with Crippen LogP contribution in [0.4, 0.5) is 4.39 Å². The normalized spacial score (nSPS) is 31.9. The van der Waals surface area contributed by atoms with Gasteiger partial charge in [0.15, 0.2) is 0 Å². The van der Waals surface area contributed by atoms with E-state index in [0.717, 1.165) is 43.4 Å². The van der Waals surface area contributed by atoms with E-state index in [2.05, 4.69) is 13.8 Å². The predicted octanol–water partition coefficient (Wildman–Crippen LogP) is 9.41. The lowest BCUT2D eigenvalue weighted by atomic mass is 9.67. The summed E-state index contributed by atoms with van der Waals surface area (Å²) in [6.45, 7) is 4.55. The molecule has 0 aromatic carbocycles. The second kappa shape index (κ2) is 13.2. The van der Waals surface area contributed by atoms with Crippen molar-refractivity contribution in [1.29, 1.82) is 0 Å². The Labute approximate surface area is 170 Å². The molecule has 0 aromatic rings. The summed E-state index contributed by atoms with van der Waals surface area (Å²) < 4.78 is 15.1. The van der Waals surface area contributed by atoms with Gasteiger partial charge in [0.25, 0.3) is 0 Å². The number of hydrogen-bond donors (Lipinski definition) is 0. The third kappa shape index (κ3) is 8.86. The van der Waals surface area contributed by atoms with E-state index < -0.39 is 5.67 Å². The van der Waals surface area contributed by atoms with Crippen molar-refractivity contribution in [3.63, 3.8) is 0 Å². The summed E-state index contributed by atoms with van der Waals surface area (Å²) in [5.41, 5.74) is -0.807.